The quantitative estimate of drug-likeness (QED) is 0.528. The highest BCUT2D eigenvalue weighted by Crippen LogP contribution is 2.45. The summed E-state index contributed by atoms with van der Waals surface area (Å²) in [5.41, 5.74) is 4.03. The minimum absolute atomic E-state index is 0.0439. The number of nitrogens with zero attached hydrogens (tertiary/aromatic N) is 1. The van der Waals surface area contributed by atoms with Crippen LogP contribution >= 0.6 is 0 Å². The van der Waals surface area contributed by atoms with Crippen molar-refractivity contribution in [1.29, 1.82) is 0 Å². The van der Waals surface area contributed by atoms with Gasteiger partial charge >= 0.3 is 5.97 Å². The number of hydrogen-bond acceptors (Lipinski definition) is 4. The maximum atomic E-state index is 13.4. The second kappa shape index (κ2) is 8.63. The molecule has 0 unspecified atom stereocenters. The fraction of sp³-hybridized carbons (Fsp3) is 0.375. The van der Waals surface area contributed by atoms with Crippen molar-refractivity contribution in [3.05, 3.63) is 70.7 Å². The van der Waals surface area contributed by atoms with E-state index in [1.807, 2.05) is 31.2 Å². The van der Waals surface area contributed by atoms with Crippen molar-refractivity contribution in [1.82, 2.24) is 4.31 Å². The lowest BCUT2D eigenvalue weighted by Crippen LogP contribution is -2.47. The monoisotopic (exact) mass is 435 g/mol. The van der Waals surface area contributed by atoms with E-state index in [4.69, 9.17) is 12.6 Å². The highest BCUT2D eigenvalue weighted by Gasteiger charge is 2.44. The van der Waals surface area contributed by atoms with Crippen LogP contribution in [0.5, 0.6) is 0 Å². The van der Waals surface area contributed by atoms with Crippen molar-refractivity contribution in [3.63, 3.8) is 0 Å². The molecule has 1 fully saturated rings. The van der Waals surface area contributed by atoms with Crippen LogP contribution in [-0.4, -0.2) is 45.7 Å². The van der Waals surface area contributed by atoms with Gasteiger partial charge < -0.3 is 4.74 Å². The Morgan fingerprint density at radius 2 is 1.77 bits per heavy atom. The summed E-state index contributed by atoms with van der Waals surface area (Å²) in [7, 11) is 2.85. The van der Waals surface area contributed by atoms with Gasteiger partial charge in [0.1, 0.15) is 7.85 Å². The largest absolute Gasteiger partial charge is 0.462 e. The fourth-order valence-corrected chi connectivity index (χ4v) is 6.41. The Balaban J connectivity index is 1.68. The molecule has 0 spiro atoms. The van der Waals surface area contributed by atoms with Crippen molar-refractivity contribution in [2.24, 2.45) is 5.92 Å². The summed E-state index contributed by atoms with van der Waals surface area (Å²) in [5.74, 6) is -0.309. The molecular weight excluding hydrogens is 409 g/mol. The van der Waals surface area contributed by atoms with Crippen molar-refractivity contribution >= 4 is 29.4 Å². The highest BCUT2D eigenvalue weighted by atomic mass is 32.2. The van der Waals surface area contributed by atoms with E-state index in [2.05, 4.69) is 0 Å². The van der Waals surface area contributed by atoms with Crippen LogP contribution in [0.1, 0.15) is 47.7 Å². The first-order valence-corrected chi connectivity index (χ1v) is 12.1. The zero-order valence-corrected chi connectivity index (χ0v) is 18.7. The van der Waals surface area contributed by atoms with Gasteiger partial charge in [-0.25, -0.2) is 13.2 Å². The molecule has 160 valence electrons. The molecule has 2 aromatic carbocycles. The maximum absolute atomic E-state index is 13.4. The average molecular weight is 435 g/mol. The Kier molecular flexibility index (Phi) is 6.08. The lowest BCUT2D eigenvalue weighted by atomic mass is 9.75. The third-order valence-corrected chi connectivity index (χ3v) is 8.11. The predicted molar refractivity (Wildman–Crippen MR) is 121 cm³/mol. The van der Waals surface area contributed by atoms with Gasteiger partial charge in [-0.05, 0) is 62.1 Å². The van der Waals surface area contributed by atoms with Crippen molar-refractivity contribution < 1.29 is 17.9 Å². The number of fused-ring (bicyclic) bond motifs is 1. The van der Waals surface area contributed by atoms with Crippen LogP contribution in [0.3, 0.4) is 0 Å². The van der Waals surface area contributed by atoms with Gasteiger partial charge in [-0.1, -0.05) is 41.7 Å². The molecule has 1 saturated carbocycles. The van der Waals surface area contributed by atoms with Gasteiger partial charge in [0.05, 0.1) is 17.1 Å². The van der Waals surface area contributed by atoms with Crippen LogP contribution in [0.4, 0.5) is 0 Å². The number of ether oxygens (including phenoxy) is 1. The first kappa shape index (κ1) is 21.8. The fourth-order valence-electron chi connectivity index (χ4n) is 4.74. The second-order valence-electron chi connectivity index (χ2n) is 8.20. The molecule has 2 aliphatic rings. The molecule has 1 aliphatic carbocycles. The summed E-state index contributed by atoms with van der Waals surface area (Å²) in [6.07, 6.45) is 2.65. The van der Waals surface area contributed by atoms with E-state index in [0.717, 1.165) is 36.0 Å². The van der Waals surface area contributed by atoms with Gasteiger partial charge in [0, 0.05) is 18.5 Å². The Bertz CT molecular complexity index is 1110. The number of hydrogen-bond donors (Lipinski definition) is 0. The number of esters is 1. The van der Waals surface area contributed by atoms with Crippen LogP contribution in [-0.2, 0) is 14.8 Å². The topological polar surface area (TPSA) is 63.7 Å². The Hall–Kier alpha value is -2.38. The summed E-state index contributed by atoms with van der Waals surface area (Å²) in [5, 5.41) is 0. The van der Waals surface area contributed by atoms with E-state index >= 15 is 0 Å². The lowest BCUT2D eigenvalue weighted by molar-refractivity contribution is 0.0526. The molecule has 1 heterocycles. The van der Waals surface area contributed by atoms with E-state index in [1.54, 1.807) is 35.5 Å². The predicted octanol–water partition coefficient (Wildman–Crippen LogP) is 3.92. The zero-order valence-electron chi connectivity index (χ0n) is 17.9. The zero-order chi connectivity index (χ0) is 22.2. The van der Waals surface area contributed by atoms with Crippen LogP contribution in [0.15, 0.2) is 58.9 Å². The molecule has 0 saturated heterocycles. The third kappa shape index (κ3) is 4.09. The molecule has 2 radical (unpaired) electrons. The Labute approximate surface area is 185 Å². The van der Waals surface area contributed by atoms with Gasteiger partial charge in [0.2, 0.25) is 10.0 Å². The molecular formula is C24H26BNO4S. The lowest BCUT2D eigenvalue weighted by Gasteiger charge is -2.39. The molecule has 0 amide bonds. The normalized spacial score (nSPS) is 21.7. The smallest absolute Gasteiger partial charge is 0.338 e. The molecule has 4 rings (SSSR count). The molecule has 2 atom stereocenters. The summed E-state index contributed by atoms with van der Waals surface area (Å²) in [6.45, 7) is 4.21. The van der Waals surface area contributed by atoms with Crippen molar-refractivity contribution in [2.45, 2.75) is 44.0 Å². The van der Waals surface area contributed by atoms with Gasteiger partial charge in [0.25, 0.3) is 0 Å². The number of carbonyl (C=O) groups excluding carboxylic acids is 1. The van der Waals surface area contributed by atoms with Crippen LogP contribution < -0.4 is 0 Å². The van der Waals surface area contributed by atoms with Crippen molar-refractivity contribution in [3.8, 4) is 0 Å². The maximum Gasteiger partial charge on any atom is 0.338 e. The van der Waals surface area contributed by atoms with E-state index in [-0.39, 0.29) is 24.5 Å². The first-order chi connectivity index (χ1) is 14.8. The van der Waals surface area contributed by atoms with Crippen LogP contribution in [0.2, 0.25) is 0 Å². The minimum atomic E-state index is -3.64. The molecule has 2 aromatic rings. The Morgan fingerprint density at radius 3 is 2.42 bits per heavy atom. The van der Waals surface area contributed by atoms with E-state index < -0.39 is 10.0 Å². The summed E-state index contributed by atoms with van der Waals surface area (Å²) >= 11 is 0. The van der Waals surface area contributed by atoms with E-state index in [9.17, 15) is 13.2 Å². The molecule has 1 aliphatic heterocycles. The van der Waals surface area contributed by atoms with Gasteiger partial charge in [-0.2, -0.15) is 4.31 Å². The van der Waals surface area contributed by atoms with Crippen molar-refractivity contribution in [2.75, 3.05) is 13.2 Å². The summed E-state index contributed by atoms with van der Waals surface area (Å²) in [4.78, 5) is 12.3. The van der Waals surface area contributed by atoms with E-state index in [0.29, 0.717) is 22.5 Å². The number of benzene rings is 2. The molecule has 31 heavy (non-hydrogen) atoms. The Morgan fingerprint density at radius 1 is 1.10 bits per heavy atom. The number of carbonyl (C=O) groups is 1. The SMILES string of the molecule is [B]C1=C(c2ccc(C(=O)OCC)cc2)[C@@H]2CCC[C@@H]2N(S(=O)(=O)c2ccc(C)cc2)C1. The van der Waals surface area contributed by atoms with Gasteiger partial charge in [-0.3, -0.25) is 0 Å². The summed E-state index contributed by atoms with van der Waals surface area (Å²) < 4.78 is 33.5. The third-order valence-electron chi connectivity index (χ3n) is 6.23. The molecule has 0 aromatic heterocycles. The summed E-state index contributed by atoms with van der Waals surface area (Å²) in [6, 6.07) is 14.1. The highest BCUT2D eigenvalue weighted by molar-refractivity contribution is 7.89. The molecule has 7 heteroatoms. The molecule has 0 N–H and O–H groups in total. The standard InChI is InChI=1S/C24H26BNO4S/c1-3-30-24(27)18-11-9-17(10-12-18)23-20-5-4-6-22(20)26(15-21(23)25)31(28,29)19-13-7-16(2)8-14-19/h7-14,20,22H,3-6,15H2,1-2H3/t20-,22+/m1/s1. The van der Waals surface area contributed by atoms with Gasteiger partial charge in [0.15, 0.2) is 0 Å². The number of aryl methyl sites for hydroxylation is 1. The number of rotatable bonds is 5. The van der Waals surface area contributed by atoms with Crippen LogP contribution in [0, 0.1) is 12.8 Å². The van der Waals surface area contributed by atoms with Gasteiger partial charge in [-0.15, -0.1) is 0 Å². The molecule has 0 bridgehead atoms. The van der Waals surface area contributed by atoms with E-state index in [1.165, 1.54) is 0 Å². The average Bonchev–Trinajstić information content (AvgIpc) is 3.23. The molecule has 5 nitrogen and oxygen atoms in total. The second-order valence-corrected chi connectivity index (χ2v) is 10.1. The van der Waals surface area contributed by atoms with Crippen LogP contribution in [0.25, 0.3) is 5.57 Å². The first-order valence-electron chi connectivity index (χ1n) is 10.7. The number of sulfonamides is 1. The minimum Gasteiger partial charge on any atom is -0.462 e.